The summed E-state index contributed by atoms with van der Waals surface area (Å²) in [5.41, 5.74) is 0. The summed E-state index contributed by atoms with van der Waals surface area (Å²) in [5, 5.41) is 3.70. The first-order valence-electron chi connectivity index (χ1n) is 6.38. The minimum atomic E-state index is -0.525. The molecule has 0 heterocycles. The zero-order valence-electron chi connectivity index (χ0n) is 11.2. The number of nitrogens with one attached hydrogen (secondary N) is 1. The van der Waals surface area contributed by atoms with E-state index in [4.69, 9.17) is 0 Å². The maximum atomic E-state index is 13.5. The van der Waals surface area contributed by atoms with Crippen molar-refractivity contribution in [3.05, 3.63) is 29.8 Å². The molecule has 0 aromatic heterocycles. The molecule has 0 bridgehead atoms. The fourth-order valence-electron chi connectivity index (χ4n) is 1.81. The second kappa shape index (κ2) is 7.74. The van der Waals surface area contributed by atoms with Gasteiger partial charge in [-0.2, -0.15) is 0 Å². The topological polar surface area (TPSA) is 12.0 Å². The van der Waals surface area contributed by atoms with Crippen molar-refractivity contribution in [2.24, 2.45) is 0 Å². The molecule has 18 heavy (non-hydrogen) atoms. The fourth-order valence-corrected chi connectivity index (χ4v) is 2.94. The number of rotatable bonds is 7. The van der Waals surface area contributed by atoms with Gasteiger partial charge in [-0.25, -0.2) is 8.78 Å². The van der Waals surface area contributed by atoms with Gasteiger partial charge in [0.05, 0.1) is 0 Å². The molecule has 1 aromatic carbocycles. The van der Waals surface area contributed by atoms with Crippen molar-refractivity contribution >= 4 is 11.8 Å². The SMILES string of the molecule is CCCNC(C)CC(C)Sc1ccc(F)cc1F. The van der Waals surface area contributed by atoms with Gasteiger partial charge in [0.2, 0.25) is 0 Å². The van der Waals surface area contributed by atoms with E-state index in [-0.39, 0.29) is 0 Å². The van der Waals surface area contributed by atoms with Crippen LogP contribution in [0.25, 0.3) is 0 Å². The van der Waals surface area contributed by atoms with E-state index in [1.165, 1.54) is 23.9 Å². The third-order valence-electron chi connectivity index (χ3n) is 2.65. The van der Waals surface area contributed by atoms with E-state index >= 15 is 0 Å². The van der Waals surface area contributed by atoms with E-state index in [1.54, 1.807) is 0 Å². The molecule has 0 aliphatic rings. The largest absolute Gasteiger partial charge is 0.314 e. The van der Waals surface area contributed by atoms with E-state index < -0.39 is 11.6 Å². The van der Waals surface area contributed by atoms with E-state index in [0.29, 0.717) is 16.2 Å². The Bertz CT molecular complexity index is 371. The molecule has 0 aliphatic carbocycles. The quantitative estimate of drug-likeness (QED) is 0.746. The van der Waals surface area contributed by atoms with Crippen LogP contribution in [-0.4, -0.2) is 17.8 Å². The Hall–Kier alpha value is -0.610. The molecule has 0 amide bonds. The molecule has 0 fully saturated rings. The summed E-state index contributed by atoms with van der Waals surface area (Å²) in [4.78, 5) is 0.520. The van der Waals surface area contributed by atoms with Gasteiger partial charge in [-0.15, -0.1) is 11.8 Å². The second-order valence-electron chi connectivity index (χ2n) is 4.59. The van der Waals surface area contributed by atoms with Gasteiger partial charge < -0.3 is 5.32 Å². The zero-order chi connectivity index (χ0) is 13.5. The van der Waals surface area contributed by atoms with Gasteiger partial charge in [-0.1, -0.05) is 13.8 Å². The van der Waals surface area contributed by atoms with Crippen LogP contribution in [0.3, 0.4) is 0 Å². The van der Waals surface area contributed by atoms with Crippen LogP contribution in [0.4, 0.5) is 8.78 Å². The lowest BCUT2D eigenvalue weighted by Crippen LogP contribution is -2.29. The first kappa shape index (κ1) is 15.4. The van der Waals surface area contributed by atoms with E-state index in [1.807, 2.05) is 0 Å². The number of thioether (sulfide) groups is 1. The Morgan fingerprint density at radius 1 is 1.28 bits per heavy atom. The highest BCUT2D eigenvalue weighted by Crippen LogP contribution is 2.28. The molecule has 0 spiro atoms. The average Bonchev–Trinajstić information content (AvgIpc) is 2.30. The summed E-state index contributed by atoms with van der Waals surface area (Å²) in [5.74, 6) is -0.997. The second-order valence-corrected chi connectivity index (χ2v) is 6.07. The van der Waals surface area contributed by atoms with Crippen LogP contribution in [0, 0.1) is 11.6 Å². The first-order valence-corrected chi connectivity index (χ1v) is 7.26. The van der Waals surface area contributed by atoms with Gasteiger partial charge >= 0.3 is 0 Å². The highest BCUT2D eigenvalue weighted by atomic mass is 32.2. The summed E-state index contributed by atoms with van der Waals surface area (Å²) in [6, 6.07) is 4.16. The molecule has 0 aliphatic heterocycles. The van der Waals surface area contributed by atoms with Gasteiger partial charge in [0.15, 0.2) is 0 Å². The predicted molar refractivity (Wildman–Crippen MR) is 74.0 cm³/mol. The lowest BCUT2D eigenvalue weighted by Gasteiger charge is -2.18. The Balaban J connectivity index is 2.46. The first-order chi connectivity index (χ1) is 8.52. The summed E-state index contributed by atoms with van der Waals surface area (Å²) in [6.45, 7) is 7.33. The van der Waals surface area contributed by atoms with Crippen LogP contribution < -0.4 is 5.32 Å². The van der Waals surface area contributed by atoms with Gasteiger partial charge in [0, 0.05) is 22.3 Å². The molecule has 102 valence electrons. The molecule has 1 aromatic rings. The third-order valence-corrected chi connectivity index (χ3v) is 3.83. The Morgan fingerprint density at radius 2 is 2.00 bits per heavy atom. The number of hydrogen-bond acceptors (Lipinski definition) is 2. The van der Waals surface area contributed by atoms with Gasteiger partial charge in [-0.05, 0) is 38.4 Å². The van der Waals surface area contributed by atoms with Crippen molar-refractivity contribution in [3.63, 3.8) is 0 Å². The average molecular weight is 273 g/mol. The van der Waals surface area contributed by atoms with Gasteiger partial charge in [0.1, 0.15) is 11.6 Å². The van der Waals surface area contributed by atoms with Gasteiger partial charge in [-0.3, -0.25) is 0 Å². The molecular weight excluding hydrogens is 252 g/mol. The summed E-state index contributed by atoms with van der Waals surface area (Å²) >= 11 is 1.46. The minimum Gasteiger partial charge on any atom is -0.314 e. The van der Waals surface area contributed by atoms with Crippen molar-refractivity contribution in [1.82, 2.24) is 5.32 Å². The maximum Gasteiger partial charge on any atom is 0.139 e. The Kier molecular flexibility index (Phi) is 6.65. The molecule has 4 heteroatoms. The van der Waals surface area contributed by atoms with E-state index in [0.717, 1.165) is 25.5 Å². The molecule has 1 N–H and O–H groups in total. The van der Waals surface area contributed by atoms with E-state index in [9.17, 15) is 8.78 Å². The van der Waals surface area contributed by atoms with Crippen LogP contribution >= 0.6 is 11.8 Å². The van der Waals surface area contributed by atoms with Gasteiger partial charge in [0.25, 0.3) is 0 Å². The smallest absolute Gasteiger partial charge is 0.139 e. The highest BCUT2D eigenvalue weighted by Gasteiger charge is 2.12. The molecule has 1 rings (SSSR count). The summed E-state index contributed by atoms with van der Waals surface area (Å²) in [7, 11) is 0. The molecule has 0 radical (unpaired) electrons. The molecule has 2 unspecified atom stereocenters. The third kappa shape index (κ3) is 5.36. The number of hydrogen-bond donors (Lipinski definition) is 1. The standard InChI is InChI=1S/C14H21F2NS/c1-4-7-17-10(2)8-11(3)18-14-6-5-12(15)9-13(14)16/h5-6,9-11,17H,4,7-8H2,1-3H3. The van der Waals surface area contributed by atoms with Crippen LogP contribution in [0.15, 0.2) is 23.1 Å². The van der Waals surface area contributed by atoms with Crippen molar-refractivity contribution in [1.29, 1.82) is 0 Å². The van der Waals surface area contributed by atoms with Crippen molar-refractivity contribution < 1.29 is 8.78 Å². The van der Waals surface area contributed by atoms with Crippen LogP contribution in [-0.2, 0) is 0 Å². The molecule has 0 saturated carbocycles. The minimum absolute atomic E-state index is 0.296. The summed E-state index contributed by atoms with van der Waals surface area (Å²) in [6.07, 6.45) is 2.07. The number of benzene rings is 1. The molecule has 2 atom stereocenters. The van der Waals surface area contributed by atoms with Crippen molar-refractivity contribution in [3.8, 4) is 0 Å². The Morgan fingerprint density at radius 3 is 2.61 bits per heavy atom. The Labute approximate surface area is 112 Å². The number of halogens is 2. The maximum absolute atomic E-state index is 13.5. The molecular formula is C14H21F2NS. The van der Waals surface area contributed by atoms with E-state index in [2.05, 4.69) is 26.1 Å². The van der Waals surface area contributed by atoms with Crippen LogP contribution in [0.2, 0.25) is 0 Å². The summed E-state index contributed by atoms with van der Waals surface area (Å²) < 4.78 is 26.2. The van der Waals surface area contributed by atoms with Crippen LogP contribution in [0.1, 0.15) is 33.6 Å². The lowest BCUT2D eigenvalue weighted by molar-refractivity contribution is 0.512. The van der Waals surface area contributed by atoms with Crippen molar-refractivity contribution in [2.45, 2.75) is 49.8 Å². The lowest BCUT2D eigenvalue weighted by atomic mass is 10.2. The zero-order valence-corrected chi connectivity index (χ0v) is 12.0. The molecule has 0 saturated heterocycles. The highest BCUT2D eigenvalue weighted by molar-refractivity contribution is 8.00. The van der Waals surface area contributed by atoms with Crippen molar-refractivity contribution in [2.75, 3.05) is 6.54 Å². The predicted octanol–water partition coefficient (Wildman–Crippen LogP) is 4.22. The fraction of sp³-hybridized carbons (Fsp3) is 0.571. The van der Waals surface area contributed by atoms with Crippen LogP contribution in [0.5, 0.6) is 0 Å². The molecule has 1 nitrogen and oxygen atoms in total. The normalized spacial score (nSPS) is 14.5. The monoisotopic (exact) mass is 273 g/mol.